The summed E-state index contributed by atoms with van der Waals surface area (Å²) in [4.78, 5) is 16.4. The minimum atomic E-state index is 0.188. The molecule has 1 N–H and O–H groups in total. The van der Waals surface area contributed by atoms with Gasteiger partial charge in [-0.25, -0.2) is 0 Å². The maximum absolute atomic E-state index is 12.3. The summed E-state index contributed by atoms with van der Waals surface area (Å²) in [7, 11) is 0. The second-order valence-corrected chi connectivity index (χ2v) is 7.59. The van der Waals surface area contributed by atoms with E-state index in [9.17, 15) is 4.79 Å². The molecule has 1 heterocycles. The lowest BCUT2D eigenvalue weighted by atomic mass is 9.69. The van der Waals surface area contributed by atoms with Crippen molar-refractivity contribution in [2.75, 3.05) is 0 Å². The van der Waals surface area contributed by atoms with Gasteiger partial charge in [0.25, 0.3) is 0 Å². The van der Waals surface area contributed by atoms with E-state index in [1.54, 1.807) is 6.20 Å². The summed E-state index contributed by atoms with van der Waals surface area (Å²) in [6.45, 7) is 7.13. The maximum Gasteiger partial charge on any atom is 0.220 e. The minimum absolute atomic E-state index is 0.188. The van der Waals surface area contributed by atoms with Crippen molar-refractivity contribution >= 4 is 5.91 Å². The monoisotopic (exact) mass is 286 g/mol. The predicted molar refractivity (Wildman–Crippen MR) is 83.7 cm³/mol. The van der Waals surface area contributed by atoms with E-state index >= 15 is 0 Å². The van der Waals surface area contributed by atoms with Crippen molar-refractivity contribution in [3.8, 4) is 0 Å². The normalized spacial score (nSPS) is 33.1. The highest BCUT2D eigenvalue weighted by Crippen LogP contribution is 2.65. The number of pyridine rings is 1. The zero-order valence-electron chi connectivity index (χ0n) is 13.4. The molecular formula is C18H26N2O. The van der Waals surface area contributed by atoms with E-state index in [1.807, 2.05) is 18.3 Å². The molecule has 2 aliphatic carbocycles. The molecule has 0 spiro atoms. The molecule has 1 aromatic rings. The van der Waals surface area contributed by atoms with Gasteiger partial charge in [-0.15, -0.1) is 0 Å². The standard InChI is InChI=1S/C18H26N2O/c1-17(2)14-8-9-18(17,3)15(11-14)20-16(21)7-6-13-5-4-10-19-12-13/h4-5,10,12,14-15H,6-9,11H2,1-3H3,(H,20,21). The molecule has 3 unspecified atom stereocenters. The summed E-state index contributed by atoms with van der Waals surface area (Å²) in [6.07, 6.45) is 8.67. The van der Waals surface area contributed by atoms with E-state index in [2.05, 4.69) is 31.1 Å². The molecule has 3 heteroatoms. The number of amides is 1. The van der Waals surface area contributed by atoms with E-state index in [1.165, 1.54) is 12.8 Å². The smallest absolute Gasteiger partial charge is 0.220 e. The van der Waals surface area contributed by atoms with Gasteiger partial charge in [0.2, 0.25) is 5.91 Å². The highest BCUT2D eigenvalue weighted by Gasteiger charge is 2.61. The number of hydrogen-bond acceptors (Lipinski definition) is 2. The van der Waals surface area contributed by atoms with Gasteiger partial charge in [-0.05, 0) is 54.1 Å². The van der Waals surface area contributed by atoms with Gasteiger partial charge in [0.05, 0.1) is 0 Å². The Balaban J connectivity index is 1.57. The Kier molecular flexibility index (Phi) is 3.54. The van der Waals surface area contributed by atoms with E-state index < -0.39 is 0 Å². The number of aryl methyl sites for hydroxylation is 1. The van der Waals surface area contributed by atoms with Crippen molar-refractivity contribution in [2.45, 2.75) is 58.9 Å². The average Bonchev–Trinajstić information content (AvgIpc) is 2.79. The summed E-state index contributed by atoms with van der Waals surface area (Å²) in [5, 5.41) is 3.32. The summed E-state index contributed by atoms with van der Waals surface area (Å²) in [5.41, 5.74) is 1.75. The second-order valence-electron chi connectivity index (χ2n) is 7.59. The molecule has 3 atom stereocenters. The Bertz CT molecular complexity index is 525. The highest BCUT2D eigenvalue weighted by molar-refractivity contribution is 5.76. The Morgan fingerprint density at radius 3 is 2.81 bits per heavy atom. The summed E-state index contributed by atoms with van der Waals surface area (Å²) in [6, 6.07) is 4.31. The fraction of sp³-hybridized carbons (Fsp3) is 0.667. The van der Waals surface area contributed by atoms with E-state index in [4.69, 9.17) is 0 Å². The third kappa shape index (κ3) is 2.37. The van der Waals surface area contributed by atoms with Crippen molar-refractivity contribution < 1.29 is 4.79 Å². The third-order valence-electron chi connectivity index (χ3n) is 6.49. The number of nitrogens with zero attached hydrogens (tertiary/aromatic N) is 1. The molecule has 0 radical (unpaired) electrons. The van der Waals surface area contributed by atoms with Crippen LogP contribution < -0.4 is 5.32 Å². The lowest BCUT2D eigenvalue weighted by Crippen LogP contribution is -2.46. The third-order valence-corrected chi connectivity index (χ3v) is 6.49. The number of fused-ring (bicyclic) bond motifs is 2. The van der Waals surface area contributed by atoms with Gasteiger partial charge in [0, 0.05) is 24.9 Å². The van der Waals surface area contributed by atoms with Crippen LogP contribution >= 0.6 is 0 Å². The molecule has 21 heavy (non-hydrogen) atoms. The second kappa shape index (κ2) is 5.11. The molecule has 0 aliphatic heterocycles. The van der Waals surface area contributed by atoms with Crippen LogP contribution in [0, 0.1) is 16.7 Å². The first-order chi connectivity index (χ1) is 9.93. The first-order valence-electron chi connectivity index (χ1n) is 8.12. The number of aromatic nitrogens is 1. The zero-order chi connectivity index (χ0) is 15.1. The first kappa shape index (κ1) is 14.6. The molecule has 2 bridgehead atoms. The molecule has 2 fully saturated rings. The molecule has 2 aliphatic rings. The number of rotatable bonds is 4. The topological polar surface area (TPSA) is 42.0 Å². The van der Waals surface area contributed by atoms with Gasteiger partial charge < -0.3 is 5.32 Å². The van der Waals surface area contributed by atoms with E-state index in [0.29, 0.717) is 17.9 Å². The zero-order valence-corrected chi connectivity index (χ0v) is 13.4. The summed E-state index contributed by atoms with van der Waals surface area (Å²) < 4.78 is 0. The van der Waals surface area contributed by atoms with Crippen molar-refractivity contribution in [1.29, 1.82) is 0 Å². The van der Waals surface area contributed by atoms with Crippen LogP contribution in [-0.4, -0.2) is 16.9 Å². The lowest BCUT2D eigenvalue weighted by molar-refractivity contribution is -0.122. The van der Waals surface area contributed by atoms with E-state index in [-0.39, 0.29) is 11.3 Å². The molecule has 114 valence electrons. The lowest BCUT2D eigenvalue weighted by Gasteiger charge is -2.39. The Hall–Kier alpha value is -1.38. The van der Waals surface area contributed by atoms with Crippen LogP contribution in [0.5, 0.6) is 0 Å². The fourth-order valence-electron chi connectivity index (χ4n) is 4.49. The van der Waals surface area contributed by atoms with Gasteiger partial charge in [-0.1, -0.05) is 26.8 Å². The first-order valence-corrected chi connectivity index (χ1v) is 8.12. The predicted octanol–water partition coefficient (Wildman–Crippen LogP) is 3.35. The Labute approximate surface area is 127 Å². The van der Waals surface area contributed by atoms with Crippen LogP contribution in [0.3, 0.4) is 0 Å². The van der Waals surface area contributed by atoms with Crippen LogP contribution in [-0.2, 0) is 11.2 Å². The van der Waals surface area contributed by atoms with Gasteiger partial charge in [-0.2, -0.15) is 0 Å². The van der Waals surface area contributed by atoms with Crippen molar-refractivity contribution in [2.24, 2.45) is 16.7 Å². The quantitative estimate of drug-likeness (QED) is 0.922. The van der Waals surface area contributed by atoms with Crippen molar-refractivity contribution in [3.63, 3.8) is 0 Å². The largest absolute Gasteiger partial charge is 0.353 e. The van der Waals surface area contributed by atoms with Crippen LogP contribution in [0.1, 0.15) is 52.0 Å². The average molecular weight is 286 g/mol. The number of nitrogens with one attached hydrogen (secondary N) is 1. The molecule has 1 amide bonds. The van der Waals surface area contributed by atoms with Gasteiger partial charge in [0.15, 0.2) is 0 Å². The Morgan fingerprint density at radius 1 is 1.43 bits per heavy atom. The van der Waals surface area contributed by atoms with E-state index in [0.717, 1.165) is 24.3 Å². The molecule has 1 aromatic heterocycles. The highest BCUT2D eigenvalue weighted by atomic mass is 16.1. The number of carbonyl (C=O) groups excluding carboxylic acids is 1. The fourth-order valence-corrected chi connectivity index (χ4v) is 4.49. The van der Waals surface area contributed by atoms with Crippen LogP contribution in [0.2, 0.25) is 0 Å². The molecule has 3 rings (SSSR count). The summed E-state index contributed by atoms with van der Waals surface area (Å²) in [5.74, 6) is 0.958. The molecule has 3 nitrogen and oxygen atoms in total. The number of hydrogen-bond donors (Lipinski definition) is 1. The van der Waals surface area contributed by atoms with Crippen molar-refractivity contribution in [3.05, 3.63) is 30.1 Å². The minimum Gasteiger partial charge on any atom is -0.353 e. The summed E-state index contributed by atoms with van der Waals surface area (Å²) >= 11 is 0. The van der Waals surface area contributed by atoms with Gasteiger partial charge in [0.1, 0.15) is 0 Å². The van der Waals surface area contributed by atoms with Crippen LogP contribution in [0.25, 0.3) is 0 Å². The molecule has 2 saturated carbocycles. The molecule has 0 saturated heterocycles. The molecule has 0 aromatic carbocycles. The maximum atomic E-state index is 12.3. The van der Waals surface area contributed by atoms with Gasteiger partial charge in [-0.3, -0.25) is 9.78 Å². The number of carbonyl (C=O) groups is 1. The SMILES string of the molecule is CC1(C)C2CCC1(C)C(NC(=O)CCc1cccnc1)C2. The Morgan fingerprint density at radius 2 is 2.24 bits per heavy atom. The van der Waals surface area contributed by atoms with Crippen LogP contribution in [0.4, 0.5) is 0 Å². The van der Waals surface area contributed by atoms with Crippen LogP contribution in [0.15, 0.2) is 24.5 Å². The van der Waals surface area contributed by atoms with Crippen molar-refractivity contribution in [1.82, 2.24) is 10.3 Å². The molecular weight excluding hydrogens is 260 g/mol. The van der Waals surface area contributed by atoms with Gasteiger partial charge >= 0.3 is 0 Å².